The van der Waals surface area contributed by atoms with Crippen molar-refractivity contribution in [1.82, 2.24) is 29.9 Å². The Morgan fingerprint density at radius 2 is 1.91 bits per heavy atom. The first-order valence-corrected chi connectivity index (χ1v) is 12.9. The largest absolute Gasteiger partial charge is 0.363 e. The summed E-state index contributed by atoms with van der Waals surface area (Å²) in [6, 6.07) is 5.11. The average molecular weight is 449 g/mol. The first kappa shape index (κ1) is 22.5. The molecule has 178 valence electrons. The van der Waals surface area contributed by atoms with E-state index in [0.29, 0.717) is 18.0 Å². The number of hydrogen-bond donors (Lipinski definition) is 1. The molecule has 0 radical (unpaired) electrons. The van der Waals surface area contributed by atoms with E-state index in [-0.39, 0.29) is 6.17 Å². The number of rotatable bonds is 5. The number of fused-ring (bicyclic) bond motifs is 1. The summed E-state index contributed by atoms with van der Waals surface area (Å²) in [7, 11) is 2.30. The van der Waals surface area contributed by atoms with Crippen molar-refractivity contribution >= 4 is 0 Å². The summed E-state index contributed by atoms with van der Waals surface area (Å²) in [5.41, 5.74) is 4.00. The molecule has 6 heteroatoms. The monoisotopic (exact) mass is 448 g/mol. The summed E-state index contributed by atoms with van der Waals surface area (Å²) < 4.78 is 0. The Balaban J connectivity index is 1.35. The molecule has 3 atom stereocenters. The number of allylic oxidation sites excluding steroid dienone is 2. The zero-order valence-electron chi connectivity index (χ0n) is 20.7. The van der Waals surface area contributed by atoms with Gasteiger partial charge < -0.3 is 20.0 Å². The molecule has 1 N–H and O–H groups in total. The number of nitrogens with zero attached hydrogens (tertiary/aromatic N) is 5. The summed E-state index contributed by atoms with van der Waals surface area (Å²) in [5.74, 6) is 1.83. The van der Waals surface area contributed by atoms with Crippen LogP contribution < -0.4 is 5.32 Å². The Hall–Kier alpha value is -2.31. The van der Waals surface area contributed by atoms with E-state index in [1.54, 1.807) is 0 Å². The molecule has 0 aliphatic carbocycles. The fraction of sp³-hybridized carbons (Fsp3) is 0.593. The zero-order chi connectivity index (χ0) is 22.9. The molecule has 33 heavy (non-hydrogen) atoms. The molecule has 0 spiro atoms. The van der Waals surface area contributed by atoms with Gasteiger partial charge in [-0.15, -0.1) is 0 Å². The van der Waals surface area contributed by atoms with Crippen molar-refractivity contribution in [2.45, 2.75) is 64.2 Å². The second-order valence-corrected chi connectivity index (χ2v) is 10.2. The molecule has 2 saturated heterocycles. The second-order valence-electron chi connectivity index (χ2n) is 10.2. The van der Waals surface area contributed by atoms with Crippen LogP contribution in [0.3, 0.4) is 0 Å². The number of pyridine rings is 1. The summed E-state index contributed by atoms with van der Waals surface area (Å²) in [5, 5.41) is 3.85. The minimum atomic E-state index is 0.221. The number of nitrogens with one attached hydrogen (secondary N) is 1. The van der Waals surface area contributed by atoms with Crippen molar-refractivity contribution in [1.29, 1.82) is 0 Å². The minimum Gasteiger partial charge on any atom is -0.363 e. The van der Waals surface area contributed by atoms with Crippen molar-refractivity contribution in [2.24, 2.45) is 0 Å². The molecule has 0 bridgehead atoms. The van der Waals surface area contributed by atoms with E-state index in [1.165, 1.54) is 42.0 Å². The van der Waals surface area contributed by atoms with Crippen LogP contribution in [0.2, 0.25) is 0 Å². The van der Waals surface area contributed by atoms with E-state index in [1.807, 2.05) is 6.20 Å². The third kappa shape index (κ3) is 4.31. The van der Waals surface area contributed by atoms with Crippen LogP contribution in [0.25, 0.3) is 0 Å². The van der Waals surface area contributed by atoms with E-state index in [2.05, 4.69) is 89.3 Å². The molecule has 1 aromatic rings. The molecular weight excluding hydrogens is 408 g/mol. The van der Waals surface area contributed by atoms with Gasteiger partial charge in [-0.25, -0.2) is 0 Å². The van der Waals surface area contributed by atoms with Gasteiger partial charge in [0.05, 0.1) is 17.8 Å². The molecule has 6 nitrogen and oxygen atoms in total. The van der Waals surface area contributed by atoms with E-state index in [0.717, 1.165) is 32.7 Å². The standard InChI is InChI=1S/C27H40N6/c1-5-31-15-17-32(18-16-31)26-13-7-12-25-29-22(19-33(25)26)23-10-6-11-24(30(23)4)27-21(20(2)3)9-8-14-28-27/h7-9,12-14,19-20,23-25,29H,5-6,10-11,15-18H2,1-4H3. The molecule has 1 aromatic heterocycles. The molecule has 0 saturated carbocycles. The molecule has 2 fully saturated rings. The van der Waals surface area contributed by atoms with Crippen LogP contribution in [0, 0.1) is 0 Å². The van der Waals surface area contributed by atoms with Gasteiger partial charge in [0.15, 0.2) is 0 Å². The van der Waals surface area contributed by atoms with E-state index in [9.17, 15) is 0 Å². The quantitative estimate of drug-likeness (QED) is 0.738. The fourth-order valence-electron chi connectivity index (χ4n) is 5.96. The first-order valence-electron chi connectivity index (χ1n) is 12.9. The topological polar surface area (TPSA) is 37.9 Å². The molecule has 3 unspecified atom stereocenters. The van der Waals surface area contributed by atoms with E-state index >= 15 is 0 Å². The highest BCUT2D eigenvalue weighted by atomic mass is 15.4. The fourth-order valence-corrected chi connectivity index (χ4v) is 5.96. The molecule has 0 aromatic carbocycles. The highest BCUT2D eigenvalue weighted by Crippen LogP contribution is 2.39. The summed E-state index contributed by atoms with van der Waals surface area (Å²) in [6.45, 7) is 12.5. The van der Waals surface area contributed by atoms with Gasteiger partial charge in [0, 0.05) is 44.3 Å². The maximum absolute atomic E-state index is 4.87. The normalized spacial score (nSPS) is 28.6. The smallest absolute Gasteiger partial charge is 0.124 e. The summed E-state index contributed by atoms with van der Waals surface area (Å²) >= 11 is 0. The Labute approximate surface area is 199 Å². The van der Waals surface area contributed by atoms with Gasteiger partial charge in [0.25, 0.3) is 0 Å². The average Bonchev–Trinajstić information content (AvgIpc) is 3.28. The Morgan fingerprint density at radius 3 is 2.67 bits per heavy atom. The number of likely N-dealkylation sites (N-methyl/N-ethyl adjacent to an activating group) is 2. The molecule has 0 amide bonds. The van der Waals surface area contributed by atoms with Crippen LogP contribution in [0.1, 0.15) is 63.3 Å². The van der Waals surface area contributed by atoms with Crippen molar-refractivity contribution in [2.75, 3.05) is 39.8 Å². The second kappa shape index (κ2) is 9.51. The molecule has 5 rings (SSSR count). The van der Waals surface area contributed by atoms with Gasteiger partial charge in [-0.2, -0.15) is 0 Å². The highest BCUT2D eigenvalue weighted by Gasteiger charge is 2.38. The SMILES string of the molecule is CCN1CCN(C2=CC=CC3NC(C4CCCC(c5ncccc5C(C)C)N4C)=CN23)CC1. The molecule has 5 heterocycles. The molecular formula is C27H40N6. The lowest BCUT2D eigenvalue weighted by molar-refractivity contribution is 0.127. The zero-order valence-corrected chi connectivity index (χ0v) is 20.7. The van der Waals surface area contributed by atoms with E-state index < -0.39 is 0 Å². The van der Waals surface area contributed by atoms with Crippen LogP contribution in [-0.2, 0) is 0 Å². The number of aromatic nitrogens is 1. The van der Waals surface area contributed by atoms with E-state index in [4.69, 9.17) is 4.98 Å². The maximum Gasteiger partial charge on any atom is 0.124 e. The van der Waals surface area contributed by atoms with Gasteiger partial charge >= 0.3 is 0 Å². The predicted molar refractivity (Wildman–Crippen MR) is 134 cm³/mol. The van der Waals surface area contributed by atoms with Crippen LogP contribution in [0.15, 0.2) is 54.3 Å². The van der Waals surface area contributed by atoms with Crippen LogP contribution in [0.5, 0.6) is 0 Å². The van der Waals surface area contributed by atoms with Gasteiger partial charge in [0.1, 0.15) is 12.0 Å². The Kier molecular flexibility index (Phi) is 6.48. The number of piperazine rings is 1. The molecule has 4 aliphatic rings. The van der Waals surface area contributed by atoms with Gasteiger partial charge in [0.2, 0.25) is 0 Å². The van der Waals surface area contributed by atoms with Crippen molar-refractivity contribution in [3.05, 3.63) is 65.5 Å². The third-order valence-corrected chi connectivity index (χ3v) is 7.95. The third-order valence-electron chi connectivity index (χ3n) is 7.95. The highest BCUT2D eigenvalue weighted by molar-refractivity contribution is 5.32. The maximum atomic E-state index is 4.87. The Morgan fingerprint density at radius 1 is 1.12 bits per heavy atom. The van der Waals surface area contributed by atoms with Crippen molar-refractivity contribution < 1.29 is 0 Å². The molecule has 4 aliphatic heterocycles. The number of hydrogen-bond acceptors (Lipinski definition) is 6. The summed E-state index contributed by atoms with van der Waals surface area (Å²) in [6.07, 6.45) is 15.0. The lowest BCUT2D eigenvalue weighted by atomic mass is 9.88. The number of piperidine rings is 1. The van der Waals surface area contributed by atoms with Crippen LogP contribution in [-0.4, -0.2) is 76.6 Å². The van der Waals surface area contributed by atoms with Crippen molar-refractivity contribution in [3.63, 3.8) is 0 Å². The lowest BCUT2D eigenvalue weighted by Gasteiger charge is -2.41. The Bertz CT molecular complexity index is 926. The van der Waals surface area contributed by atoms with Gasteiger partial charge in [-0.1, -0.05) is 32.9 Å². The van der Waals surface area contributed by atoms with Crippen LogP contribution >= 0.6 is 0 Å². The van der Waals surface area contributed by atoms with Gasteiger partial charge in [-0.05, 0) is 62.6 Å². The first-order chi connectivity index (χ1) is 16.1. The van der Waals surface area contributed by atoms with Crippen LogP contribution in [0.4, 0.5) is 0 Å². The predicted octanol–water partition coefficient (Wildman–Crippen LogP) is 3.85. The lowest BCUT2D eigenvalue weighted by Crippen LogP contribution is -2.50. The summed E-state index contributed by atoms with van der Waals surface area (Å²) in [4.78, 5) is 15.0. The number of likely N-dealkylation sites (tertiary alicyclic amines) is 1. The van der Waals surface area contributed by atoms with Crippen molar-refractivity contribution in [3.8, 4) is 0 Å². The van der Waals surface area contributed by atoms with Gasteiger partial charge in [-0.3, -0.25) is 9.88 Å². The minimum absolute atomic E-state index is 0.221.